The Hall–Kier alpha value is -2.58. The number of rotatable bonds is 2. The molecule has 1 aromatic heterocycles. The quantitative estimate of drug-likeness (QED) is 0.737. The number of benzene rings is 1. The van der Waals surface area contributed by atoms with E-state index < -0.39 is 0 Å². The number of anilines is 1. The van der Waals surface area contributed by atoms with E-state index in [1.54, 1.807) is 12.1 Å². The summed E-state index contributed by atoms with van der Waals surface area (Å²) >= 11 is 0. The number of aliphatic hydroxyl groups is 1. The fourth-order valence-corrected chi connectivity index (χ4v) is 2.05. The van der Waals surface area contributed by atoms with Crippen molar-refractivity contribution in [2.24, 2.45) is 0 Å². The molecule has 1 aromatic carbocycles. The molecular formula is C16H17N3O2. The molecule has 0 saturated carbocycles. The zero-order valence-corrected chi connectivity index (χ0v) is 12.2. The van der Waals surface area contributed by atoms with Crippen molar-refractivity contribution >= 4 is 11.6 Å². The van der Waals surface area contributed by atoms with Gasteiger partial charge >= 0.3 is 0 Å². The van der Waals surface area contributed by atoms with E-state index in [9.17, 15) is 4.79 Å². The molecule has 1 amide bonds. The summed E-state index contributed by atoms with van der Waals surface area (Å²) in [4.78, 5) is 12.3. The lowest BCUT2D eigenvalue weighted by atomic mass is 10.1. The normalized spacial score (nSPS) is 9.90. The highest BCUT2D eigenvalue weighted by molar-refractivity contribution is 6.05. The maximum atomic E-state index is 12.3. The second kappa shape index (κ2) is 6.25. The molecule has 1 heterocycles. The van der Waals surface area contributed by atoms with Gasteiger partial charge in [-0.15, -0.1) is 0 Å². The Balaban J connectivity index is 2.29. The topological polar surface area (TPSA) is 78.0 Å². The Morgan fingerprint density at radius 2 is 2.10 bits per heavy atom. The monoisotopic (exact) mass is 283 g/mol. The van der Waals surface area contributed by atoms with Gasteiger partial charge in [0.2, 0.25) is 0 Å². The van der Waals surface area contributed by atoms with Gasteiger partial charge in [-0.2, -0.15) is 5.10 Å². The summed E-state index contributed by atoms with van der Waals surface area (Å²) in [5.74, 6) is 5.18. The molecule has 0 radical (unpaired) electrons. The average molecular weight is 283 g/mol. The van der Waals surface area contributed by atoms with Crippen molar-refractivity contribution in [1.29, 1.82) is 0 Å². The molecule has 0 atom stereocenters. The van der Waals surface area contributed by atoms with Gasteiger partial charge in [0.25, 0.3) is 5.91 Å². The maximum Gasteiger partial charge on any atom is 0.255 e. The minimum Gasteiger partial charge on any atom is -0.384 e. The van der Waals surface area contributed by atoms with Crippen LogP contribution in [0.5, 0.6) is 0 Å². The van der Waals surface area contributed by atoms with Gasteiger partial charge in [0.05, 0.1) is 17.1 Å². The second-order valence-electron chi connectivity index (χ2n) is 4.81. The molecule has 0 aliphatic carbocycles. The van der Waals surface area contributed by atoms with Crippen molar-refractivity contribution < 1.29 is 9.90 Å². The number of carbonyl (C=O) groups is 1. The van der Waals surface area contributed by atoms with Gasteiger partial charge in [-0.25, -0.2) is 0 Å². The highest BCUT2D eigenvalue weighted by Gasteiger charge is 2.12. The first-order valence-electron chi connectivity index (χ1n) is 6.55. The molecule has 5 heteroatoms. The van der Waals surface area contributed by atoms with Crippen molar-refractivity contribution in [3.05, 3.63) is 46.3 Å². The predicted octanol–water partition coefficient (Wildman–Crippen LogP) is 1.93. The van der Waals surface area contributed by atoms with Gasteiger partial charge in [-0.05, 0) is 44.5 Å². The van der Waals surface area contributed by atoms with E-state index in [4.69, 9.17) is 5.11 Å². The molecule has 5 nitrogen and oxygen atoms in total. The van der Waals surface area contributed by atoms with Crippen LogP contribution in [-0.4, -0.2) is 27.8 Å². The molecule has 0 saturated heterocycles. The van der Waals surface area contributed by atoms with Crippen LogP contribution in [0, 0.1) is 32.6 Å². The first-order chi connectivity index (χ1) is 10.0. The summed E-state index contributed by atoms with van der Waals surface area (Å²) in [7, 11) is 0. The average Bonchev–Trinajstić information content (AvgIpc) is 2.76. The zero-order chi connectivity index (χ0) is 15.4. The first-order valence-corrected chi connectivity index (χ1v) is 6.55. The number of aryl methyl sites for hydroxylation is 3. The van der Waals surface area contributed by atoms with Crippen molar-refractivity contribution in [3.8, 4) is 11.8 Å². The summed E-state index contributed by atoms with van der Waals surface area (Å²) < 4.78 is 0. The van der Waals surface area contributed by atoms with E-state index in [1.165, 1.54) is 0 Å². The Kier molecular flexibility index (Phi) is 4.41. The highest BCUT2D eigenvalue weighted by Crippen LogP contribution is 2.18. The summed E-state index contributed by atoms with van der Waals surface area (Å²) in [5, 5.41) is 18.5. The third-order valence-electron chi connectivity index (χ3n) is 3.02. The number of hydrogen-bond acceptors (Lipinski definition) is 3. The largest absolute Gasteiger partial charge is 0.384 e. The van der Waals surface area contributed by atoms with E-state index in [-0.39, 0.29) is 12.5 Å². The van der Waals surface area contributed by atoms with Crippen molar-refractivity contribution in [3.63, 3.8) is 0 Å². The van der Waals surface area contributed by atoms with Gasteiger partial charge in [0.1, 0.15) is 6.61 Å². The van der Waals surface area contributed by atoms with E-state index in [0.717, 1.165) is 17.0 Å². The Morgan fingerprint density at radius 3 is 2.71 bits per heavy atom. The molecule has 21 heavy (non-hydrogen) atoms. The van der Waals surface area contributed by atoms with E-state index in [1.807, 2.05) is 26.8 Å². The number of hydrogen-bond donors (Lipinski definition) is 3. The summed E-state index contributed by atoms with van der Waals surface area (Å²) in [5.41, 5.74) is 4.42. The Bertz CT molecular complexity index is 716. The van der Waals surface area contributed by atoms with E-state index in [0.29, 0.717) is 16.8 Å². The smallest absolute Gasteiger partial charge is 0.255 e. The fourth-order valence-electron chi connectivity index (χ4n) is 2.05. The molecule has 0 aliphatic heterocycles. The fraction of sp³-hybridized carbons (Fsp3) is 0.250. The molecule has 3 N–H and O–H groups in total. The number of H-pyrrole nitrogens is 1. The van der Waals surface area contributed by atoms with Crippen LogP contribution in [0.4, 0.5) is 5.69 Å². The minimum atomic E-state index is -0.210. The highest BCUT2D eigenvalue weighted by atomic mass is 16.2. The number of nitrogens with one attached hydrogen (secondary N) is 2. The zero-order valence-electron chi connectivity index (χ0n) is 12.2. The van der Waals surface area contributed by atoms with Crippen LogP contribution >= 0.6 is 0 Å². The molecule has 2 aromatic rings. The molecule has 0 fully saturated rings. The molecule has 0 aliphatic rings. The first kappa shape index (κ1) is 14.8. The molecule has 0 spiro atoms. The van der Waals surface area contributed by atoms with Gasteiger partial charge in [-0.1, -0.05) is 11.8 Å². The van der Waals surface area contributed by atoms with Crippen molar-refractivity contribution in [2.45, 2.75) is 20.8 Å². The van der Waals surface area contributed by atoms with Gasteiger partial charge in [-0.3, -0.25) is 9.89 Å². The van der Waals surface area contributed by atoms with Crippen LogP contribution in [0.15, 0.2) is 18.2 Å². The standard InChI is InChI=1S/C16H17N3O2/c1-10-7-13(5-4-6-20)9-14(8-10)16(21)17-15-11(2)18-19-12(15)3/h7-9,20H,6H2,1-3H3,(H,17,21)(H,18,19). The van der Waals surface area contributed by atoms with Gasteiger partial charge in [0.15, 0.2) is 0 Å². The number of aliphatic hydroxyl groups excluding tert-OH is 1. The lowest BCUT2D eigenvalue weighted by Gasteiger charge is -2.07. The number of amides is 1. The Labute approximate surface area is 123 Å². The second-order valence-corrected chi connectivity index (χ2v) is 4.81. The molecule has 0 unspecified atom stereocenters. The number of carbonyl (C=O) groups excluding carboxylic acids is 1. The SMILES string of the molecule is Cc1cc(C#CCO)cc(C(=O)Nc2c(C)n[nH]c2C)c1. The molecule has 108 valence electrons. The van der Waals surface area contributed by atoms with Gasteiger partial charge in [0, 0.05) is 11.1 Å². The summed E-state index contributed by atoms with van der Waals surface area (Å²) in [6, 6.07) is 5.37. The van der Waals surface area contributed by atoms with Crippen LogP contribution in [0.25, 0.3) is 0 Å². The van der Waals surface area contributed by atoms with Crippen LogP contribution in [0.1, 0.15) is 32.9 Å². The van der Waals surface area contributed by atoms with Crippen LogP contribution in [0.3, 0.4) is 0 Å². The summed E-state index contributed by atoms with van der Waals surface area (Å²) in [6.45, 7) is 5.37. The van der Waals surface area contributed by atoms with Crippen LogP contribution in [-0.2, 0) is 0 Å². The lowest BCUT2D eigenvalue weighted by Crippen LogP contribution is -2.13. The Morgan fingerprint density at radius 1 is 1.33 bits per heavy atom. The van der Waals surface area contributed by atoms with Crippen molar-refractivity contribution in [2.75, 3.05) is 11.9 Å². The number of nitrogens with zero attached hydrogens (tertiary/aromatic N) is 1. The van der Waals surface area contributed by atoms with Gasteiger partial charge < -0.3 is 10.4 Å². The van der Waals surface area contributed by atoms with E-state index in [2.05, 4.69) is 27.4 Å². The van der Waals surface area contributed by atoms with Crippen molar-refractivity contribution in [1.82, 2.24) is 10.2 Å². The predicted molar refractivity (Wildman–Crippen MR) is 81.2 cm³/mol. The number of aromatic nitrogens is 2. The van der Waals surface area contributed by atoms with E-state index >= 15 is 0 Å². The molecular weight excluding hydrogens is 266 g/mol. The molecule has 0 bridgehead atoms. The maximum absolute atomic E-state index is 12.3. The lowest BCUT2D eigenvalue weighted by molar-refractivity contribution is 0.102. The third kappa shape index (κ3) is 3.50. The summed E-state index contributed by atoms with van der Waals surface area (Å²) in [6.07, 6.45) is 0. The number of aromatic amines is 1. The molecule has 2 rings (SSSR count). The third-order valence-corrected chi connectivity index (χ3v) is 3.02. The van der Waals surface area contributed by atoms with Crippen LogP contribution in [0.2, 0.25) is 0 Å². The minimum absolute atomic E-state index is 0.205. The van der Waals surface area contributed by atoms with Crippen LogP contribution < -0.4 is 5.32 Å².